The summed E-state index contributed by atoms with van der Waals surface area (Å²) in [5.74, 6) is 0. The highest BCUT2D eigenvalue weighted by Gasteiger charge is 2.07. The zero-order chi connectivity index (χ0) is 10.1. The summed E-state index contributed by atoms with van der Waals surface area (Å²) in [5, 5.41) is 12.6. The standard InChI is InChI=1S/C11H12OS2/c1-7-6-14-10-4-8(5-12)3-9(13-2)11(7)10/h3-4,6,12H,5H2,1-2H3. The van der Waals surface area contributed by atoms with Gasteiger partial charge in [-0.25, -0.2) is 0 Å². The summed E-state index contributed by atoms with van der Waals surface area (Å²) in [4.78, 5) is 1.27. The van der Waals surface area contributed by atoms with Crippen LogP contribution in [0.5, 0.6) is 0 Å². The summed E-state index contributed by atoms with van der Waals surface area (Å²) < 4.78 is 1.28. The Labute approximate surface area is 91.8 Å². The molecule has 0 radical (unpaired) electrons. The Bertz CT molecular complexity index is 460. The maximum Gasteiger partial charge on any atom is 0.0682 e. The predicted octanol–water partition coefficient (Wildman–Crippen LogP) is 3.42. The molecule has 3 heteroatoms. The zero-order valence-corrected chi connectivity index (χ0v) is 9.84. The van der Waals surface area contributed by atoms with Crippen molar-refractivity contribution in [3.63, 3.8) is 0 Å². The minimum absolute atomic E-state index is 0.125. The van der Waals surface area contributed by atoms with Crippen LogP contribution in [0.4, 0.5) is 0 Å². The van der Waals surface area contributed by atoms with Gasteiger partial charge in [-0.05, 0) is 41.8 Å². The van der Waals surface area contributed by atoms with Crippen molar-refractivity contribution in [3.05, 3.63) is 28.6 Å². The van der Waals surface area contributed by atoms with E-state index >= 15 is 0 Å². The highest BCUT2D eigenvalue weighted by molar-refractivity contribution is 7.98. The van der Waals surface area contributed by atoms with Crippen LogP contribution in [0.2, 0.25) is 0 Å². The highest BCUT2D eigenvalue weighted by Crippen LogP contribution is 2.34. The van der Waals surface area contributed by atoms with Crippen molar-refractivity contribution in [3.8, 4) is 0 Å². The first kappa shape index (κ1) is 10.0. The van der Waals surface area contributed by atoms with E-state index in [1.807, 2.05) is 0 Å². The largest absolute Gasteiger partial charge is 0.392 e. The van der Waals surface area contributed by atoms with Gasteiger partial charge in [-0.15, -0.1) is 23.1 Å². The lowest BCUT2D eigenvalue weighted by atomic mass is 10.1. The van der Waals surface area contributed by atoms with Crippen LogP contribution in [-0.4, -0.2) is 11.4 Å². The Kier molecular flexibility index (Phi) is 2.81. The van der Waals surface area contributed by atoms with Gasteiger partial charge in [-0.1, -0.05) is 0 Å². The Balaban J connectivity index is 2.76. The van der Waals surface area contributed by atoms with Gasteiger partial charge in [0.1, 0.15) is 0 Å². The topological polar surface area (TPSA) is 20.2 Å². The van der Waals surface area contributed by atoms with E-state index in [9.17, 15) is 0 Å². The molecule has 0 aliphatic heterocycles. The number of hydrogen-bond donors (Lipinski definition) is 1. The summed E-state index contributed by atoms with van der Waals surface area (Å²) >= 11 is 3.49. The summed E-state index contributed by atoms with van der Waals surface area (Å²) in [6, 6.07) is 4.15. The molecule has 0 fully saturated rings. The third-order valence-electron chi connectivity index (χ3n) is 2.29. The fourth-order valence-corrected chi connectivity index (χ4v) is 3.43. The van der Waals surface area contributed by atoms with Gasteiger partial charge in [0.25, 0.3) is 0 Å². The van der Waals surface area contributed by atoms with Crippen LogP contribution >= 0.6 is 23.1 Å². The maximum atomic E-state index is 9.12. The third kappa shape index (κ3) is 1.56. The van der Waals surface area contributed by atoms with Gasteiger partial charge in [-0.2, -0.15) is 0 Å². The molecule has 0 unspecified atom stereocenters. The lowest BCUT2D eigenvalue weighted by Gasteiger charge is -2.04. The maximum absolute atomic E-state index is 9.12. The number of thioether (sulfide) groups is 1. The fourth-order valence-electron chi connectivity index (χ4n) is 1.59. The molecular formula is C11H12OS2. The van der Waals surface area contributed by atoms with Gasteiger partial charge in [0.2, 0.25) is 0 Å². The second-order valence-electron chi connectivity index (χ2n) is 3.25. The number of fused-ring (bicyclic) bond motifs is 1. The van der Waals surface area contributed by atoms with Crippen molar-refractivity contribution in [2.75, 3.05) is 6.26 Å². The normalized spacial score (nSPS) is 11.1. The van der Waals surface area contributed by atoms with Gasteiger partial charge in [0, 0.05) is 15.0 Å². The molecule has 1 heterocycles. The summed E-state index contributed by atoms with van der Waals surface area (Å²) in [7, 11) is 0. The molecule has 14 heavy (non-hydrogen) atoms. The van der Waals surface area contributed by atoms with Crippen molar-refractivity contribution in [2.45, 2.75) is 18.4 Å². The molecule has 0 spiro atoms. The van der Waals surface area contributed by atoms with E-state index in [2.05, 4.69) is 30.7 Å². The van der Waals surface area contributed by atoms with Crippen molar-refractivity contribution >= 4 is 33.2 Å². The molecule has 0 saturated carbocycles. The van der Waals surface area contributed by atoms with Crippen molar-refractivity contribution in [1.29, 1.82) is 0 Å². The van der Waals surface area contributed by atoms with Crippen LogP contribution in [0.15, 0.2) is 22.4 Å². The molecule has 0 aliphatic rings. The average molecular weight is 224 g/mol. The summed E-state index contributed by atoms with van der Waals surface area (Å²) in [6.45, 7) is 2.26. The first-order valence-corrected chi connectivity index (χ1v) is 6.52. The van der Waals surface area contributed by atoms with E-state index in [1.165, 1.54) is 20.5 Å². The highest BCUT2D eigenvalue weighted by atomic mass is 32.2. The van der Waals surface area contributed by atoms with Crippen LogP contribution in [-0.2, 0) is 6.61 Å². The molecule has 1 N–H and O–H groups in total. The quantitative estimate of drug-likeness (QED) is 0.789. The molecule has 0 saturated heterocycles. The monoisotopic (exact) mass is 224 g/mol. The first-order chi connectivity index (χ1) is 6.76. The van der Waals surface area contributed by atoms with E-state index in [-0.39, 0.29) is 6.61 Å². The lowest BCUT2D eigenvalue weighted by molar-refractivity contribution is 0.282. The molecule has 2 aromatic rings. The van der Waals surface area contributed by atoms with Gasteiger partial charge in [0.15, 0.2) is 0 Å². The second kappa shape index (κ2) is 3.93. The molecular weight excluding hydrogens is 212 g/mol. The Morgan fingerprint density at radius 1 is 1.43 bits per heavy atom. The van der Waals surface area contributed by atoms with Gasteiger partial charge >= 0.3 is 0 Å². The SMILES string of the molecule is CSc1cc(CO)cc2scc(C)c12. The van der Waals surface area contributed by atoms with Crippen molar-refractivity contribution in [2.24, 2.45) is 0 Å². The lowest BCUT2D eigenvalue weighted by Crippen LogP contribution is -1.84. The number of aliphatic hydroxyl groups excluding tert-OH is 1. The minimum atomic E-state index is 0.125. The average Bonchev–Trinajstić information content (AvgIpc) is 2.59. The first-order valence-electron chi connectivity index (χ1n) is 4.42. The van der Waals surface area contributed by atoms with E-state index in [0.29, 0.717) is 0 Å². The minimum Gasteiger partial charge on any atom is -0.392 e. The number of aryl methyl sites for hydroxylation is 1. The van der Waals surface area contributed by atoms with E-state index in [1.54, 1.807) is 23.1 Å². The smallest absolute Gasteiger partial charge is 0.0682 e. The molecule has 1 nitrogen and oxygen atoms in total. The number of benzene rings is 1. The van der Waals surface area contributed by atoms with E-state index < -0.39 is 0 Å². The summed E-state index contributed by atoms with van der Waals surface area (Å²) in [5.41, 5.74) is 2.34. The van der Waals surface area contributed by atoms with E-state index in [0.717, 1.165) is 5.56 Å². The molecule has 2 rings (SSSR count). The van der Waals surface area contributed by atoms with Gasteiger partial charge in [0.05, 0.1) is 6.61 Å². The van der Waals surface area contributed by atoms with Crippen molar-refractivity contribution < 1.29 is 5.11 Å². The Morgan fingerprint density at radius 2 is 2.21 bits per heavy atom. The van der Waals surface area contributed by atoms with Crippen LogP contribution in [0.1, 0.15) is 11.1 Å². The summed E-state index contributed by atoms with van der Waals surface area (Å²) in [6.07, 6.45) is 2.08. The molecule has 1 aromatic carbocycles. The molecule has 0 bridgehead atoms. The van der Waals surface area contributed by atoms with Crippen LogP contribution < -0.4 is 0 Å². The Hall–Kier alpha value is -0.510. The van der Waals surface area contributed by atoms with Crippen molar-refractivity contribution in [1.82, 2.24) is 0 Å². The fraction of sp³-hybridized carbons (Fsp3) is 0.273. The van der Waals surface area contributed by atoms with Gasteiger partial charge in [-0.3, -0.25) is 0 Å². The molecule has 0 aliphatic carbocycles. The van der Waals surface area contributed by atoms with E-state index in [4.69, 9.17) is 5.11 Å². The van der Waals surface area contributed by atoms with Crippen LogP contribution in [0.25, 0.3) is 10.1 Å². The van der Waals surface area contributed by atoms with Gasteiger partial charge < -0.3 is 5.11 Å². The van der Waals surface area contributed by atoms with Crippen LogP contribution in [0, 0.1) is 6.92 Å². The zero-order valence-electron chi connectivity index (χ0n) is 8.20. The molecule has 74 valence electrons. The van der Waals surface area contributed by atoms with Crippen LogP contribution in [0.3, 0.4) is 0 Å². The number of thiophene rings is 1. The number of rotatable bonds is 2. The number of aliphatic hydroxyl groups is 1. The second-order valence-corrected chi connectivity index (χ2v) is 5.01. The molecule has 1 aromatic heterocycles. The predicted molar refractivity (Wildman–Crippen MR) is 64.3 cm³/mol. The third-order valence-corrected chi connectivity index (χ3v) is 4.09. The number of hydrogen-bond acceptors (Lipinski definition) is 3. The molecule has 0 atom stereocenters. The molecule has 0 amide bonds. The Morgan fingerprint density at radius 3 is 2.86 bits per heavy atom.